The highest BCUT2D eigenvalue weighted by Gasteiger charge is 2.22. The molecule has 0 amide bonds. The molecule has 0 spiro atoms. The predicted molar refractivity (Wildman–Crippen MR) is 51.7 cm³/mol. The first-order chi connectivity index (χ1) is 6.65. The van der Waals surface area contributed by atoms with Crippen LogP contribution in [0.2, 0.25) is 0 Å². The predicted octanol–water partition coefficient (Wildman–Crippen LogP) is 1.67. The number of ether oxygens (including phenoxy) is 2. The lowest BCUT2D eigenvalue weighted by Crippen LogP contribution is -2.28. The van der Waals surface area contributed by atoms with E-state index in [0.29, 0.717) is 6.42 Å². The lowest BCUT2D eigenvalue weighted by Gasteiger charge is -2.14. The molecule has 0 aliphatic rings. The van der Waals surface area contributed by atoms with E-state index in [0.717, 1.165) is 12.8 Å². The van der Waals surface area contributed by atoms with Gasteiger partial charge in [0.1, 0.15) is 0 Å². The van der Waals surface area contributed by atoms with Crippen molar-refractivity contribution in [1.29, 1.82) is 0 Å². The first kappa shape index (κ1) is 12.9. The van der Waals surface area contributed by atoms with Crippen LogP contribution in [0.15, 0.2) is 0 Å². The van der Waals surface area contributed by atoms with E-state index < -0.39 is 12.1 Å². The second-order valence-corrected chi connectivity index (χ2v) is 3.00. The molecule has 14 heavy (non-hydrogen) atoms. The van der Waals surface area contributed by atoms with Gasteiger partial charge in [-0.1, -0.05) is 20.3 Å². The molecule has 1 atom stereocenters. The van der Waals surface area contributed by atoms with Crippen molar-refractivity contribution in [3.8, 4) is 0 Å². The molecule has 0 bridgehead atoms. The van der Waals surface area contributed by atoms with Crippen LogP contribution in [0.5, 0.6) is 0 Å². The monoisotopic (exact) mass is 202 g/mol. The summed E-state index contributed by atoms with van der Waals surface area (Å²) in [5.41, 5.74) is 0. The van der Waals surface area contributed by atoms with Crippen molar-refractivity contribution in [3.63, 3.8) is 0 Å². The third-order valence-electron chi connectivity index (χ3n) is 1.85. The number of unbranched alkanes of at least 4 members (excludes halogenated alkanes) is 1. The fourth-order valence-electron chi connectivity index (χ4n) is 0.988. The standard InChI is InChI=1S/C10H18O4/c1-4-6-7-8(10(12)13-3)14-9(11)5-2/h8H,4-7H2,1-3H3. The maximum absolute atomic E-state index is 11.2. The smallest absolute Gasteiger partial charge is 0.347 e. The van der Waals surface area contributed by atoms with Gasteiger partial charge >= 0.3 is 11.9 Å². The number of esters is 2. The molecule has 0 aliphatic heterocycles. The van der Waals surface area contributed by atoms with E-state index in [1.165, 1.54) is 7.11 Å². The van der Waals surface area contributed by atoms with Crippen molar-refractivity contribution in [2.24, 2.45) is 0 Å². The van der Waals surface area contributed by atoms with Crippen LogP contribution in [-0.4, -0.2) is 25.2 Å². The van der Waals surface area contributed by atoms with Crippen LogP contribution in [0.25, 0.3) is 0 Å². The van der Waals surface area contributed by atoms with E-state index >= 15 is 0 Å². The molecule has 0 radical (unpaired) electrons. The van der Waals surface area contributed by atoms with Gasteiger partial charge in [-0.2, -0.15) is 0 Å². The van der Waals surface area contributed by atoms with E-state index in [2.05, 4.69) is 4.74 Å². The van der Waals surface area contributed by atoms with Gasteiger partial charge in [0.2, 0.25) is 0 Å². The van der Waals surface area contributed by atoms with Gasteiger partial charge in [-0.15, -0.1) is 0 Å². The molecular formula is C10H18O4. The summed E-state index contributed by atoms with van der Waals surface area (Å²) in [4.78, 5) is 22.1. The van der Waals surface area contributed by atoms with Gasteiger partial charge in [0.25, 0.3) is 0 Å². The molecule has 4 heteroatoms. The average molecular weight is 202 g/mol. The normalized spacial score (nSPS) is 11.9. The van der Waals surface area contributed by atoms with E-state index in [4.69, 9.17) is 4.74 Å². The molecular weight excluding hydrogens is 184 g/mol. The molecule has 1 unspecified atom stereocenters. The van der Waals surface area contributed by atoms with Crippen molar-refractivity contribution in [2.45, 2.75) is 45.6 Å². The first-order valence-corrected chi connectivity index (χ1v) is 4.93. The van der Waals surface area contributed by atoms with Crippen molar-refractivity contribution in [3.05, 3.63) is 0 Å². The maximum atomic E-state index is 11.2. The van der Waals surface area contributed by atoms with Crippen LogP contribution in [0, 0.1) is 0 Å². The van der Waals surface area contributed by atoms with Gasteiger partial charge in [0.05, 0.1) is 7.11 Å². The van der Waals surface area contributed by atoms with Gasteiger partial charge < -0.3 is 9.47 Å². The quantitative estimate of drug-likeness (QED) is 0.615. The molecule has 0 saturated heterocycles. The highest BCUT2D eigenvalue weighted by molar-refractivity contribution is 5.79. The van der Waals surface area contributed by atoms with E-state index in [9.17, 15) is 9.59 Å². The number of methoxy groups -OCH3 is 1. The Balaban J connectivity index is 4.09. The Morgan fingerprint density at radius 1 is 1.29 bits per heavy atom. The summed E-state index contributed by atoms with van der Waals surface area (Å²) < 4.78 is 9.48. The Hall–Kier alpha value is -1.06. The molecule has 0 rings (SSSR count). The molecule has 0 aromatic rings. The largest absolute Gasteiger partial charge is 0.466 e. The molecule has 0 heterocycles. The molecule has 0 N–H and O–H groups in total. The van der Waals surface area contributed by atoms with Gasteiger partial charge in [-0.3, -0.25) is 4.79 Å². The zero-order valence-corrected chi connectivity index (χ0v) is 9.04. The SMILES string of the molecule is CCCCC(OC(=O)CC)C(=O)OC. The average Bonchev–Trinajstić information content (AvgIpc) is 2.22. The zero-order valence-electron chi connectivity index (χ0n) is 9.04. The second-order valence-electron chi connectivity index (χ2n) is 3.00. The summed E-state index contributed by atoms with van der Waals surface area (Å²) >= 11 is 0. The van der Waals surface area contributed by atoms with Gasteiger partial charge in [0.15, 0.2) is 6.10 Å². The summed E-state index contributed by atoms with van der Waals surface area (Å²) in [6.45, 7) is 3.70. The maximum Gasteiger partial charge on any atom is 0.347 e. The summed E-state index contributed by atoms with van der Waals surface area (Å²) in [5, 5.41) is 0. The van der Waals surface area contributed by atoms with Crippen LogP contribution in [0.4, 0.5) is 0 Å². The molecule has 0 saturated carbocycles. The Labute approximate surface area is 84.6 Å². The first-order valence-electron chi connectivity index (χ1n) is 4.93. The summed E-state index contributed by atoms with van der Waals surface area (Å²) in [5.74, 6) is -0.836. The summed E-state index contributed by atoms with van der Waals surface area (Å²) in [6, 6.07) is 0. The third kappa shape index (κ3) is 4.84. The Morgan fingerprint density at radius 3 is 2.36 bits per heavy atom. The van der Waals surface area contributed by atoms with Crippen molar-refractivity contribution in [2.75, 3.05) is 7.11 Å². The minimum Gasteiger partial charge on any atom is -0.466 e. The second kappa shape index (κ2) is 7.35. The number of hydrogen-bond donors (Lipinski definition) is 0. The lowest BCUT2D eigenvalue weighted by atomic mass is 10.1. The van der Waals surface area contributed by atoms with Gasteiger partial charge in [-0.05, 0) is 12.8 Å². The minimum atomic E-state index is -0.729. The number of carbonyl (C=O) groups is 2. The highest BCUT2D eigenvalue weighted by Crippen LogP contribution is 2.07. The van der Waals surface area contributed by atoms with Gasteiger partial charge in [-0.25, -0.2) is 4.79 Å². The lowest BCUT2D eigenvalue weighted by molar-refractivity contribution is -0.166. The third-order valence-corrected chi connectivity index (χ3v) is 1.85. The van der Waals surface area contributed by atoms with E-state index in [-0.39, 0.29) is 12.4 Å². The van der Waals surface area contributed by atoms with Crippen molar-refractivity contribution < 1.29 is 19.1 Å². The number of hydrogen-bond acceptors (Lipinski definition) is 4. The fraction of sp³-hybridized carbons (Fsp3) is 0.800. The topological polar surface area (TPSA) is 52.6 Å². The van der Waals surface area contributed by atoms with Crippen LogP contribution in [-0.2, 0) is 19.1 Å². The number of carbonyl (C=O) groups excluding carboxylic acids is 2. The summed E-state index contributed by atoms with van der Waals surface area (Å²) in [7, 11) is 1.29. The van der Waals surface area contributed by atoms with Crippen LogP contribution in [0.3, 0.4) is 0 Å². The molecule has 4 nitrogen and oxygen atoms in total. The summed E-state index contributed by atoms with van der Waals surface area (Å²) in [6.07, 6.45) is 1.88. The minimum absolute atomic E-state index is 0.277. The molecule has 0 aromatic carbocycles. The van der Waals surface area contributed by atoms with E-state index in [1.807, 2.05) is 6.92 Å². The molecule has 82 valence electrons. The highest BCUT2D eigenvalue weighted by atomic mass is 16.6. The van der Waals surface area contributed by atoms with Crippen LogP contribution >= 0.6 is 0 Å². The van der Waals surface area contributed by atoms with Crippen LogP contribution in [0.1, 0.15) is 39.5 Å². The van der Waals surface area contributed by atoms with Gasteiger partial charge in [0, 0.05) is 6.42 Å². The van der Waals surface area contributed by atoms with E-state index in [1.54, 1.807) is 6.92 Å². The van der Waals surface area contributed by atoms with Crippen LogP contribution < -0.4 is 0 Å². The number of rotatable bonds is 6. The fourth-order valence-corrected chi connectivity index (χ4v) is 0.988. The molecule has 0 aromatic heterocycles. The van der Waals surface area contributed by atoms with Crippen molar-refractivity contribution >= 4 is 11.9 Å². The van der Waals surface area contributed by atoms with Crippen molar-refractivity contribution in [1.82, 2.24) is 0 Å². The Bertz CT molecular complexity index is 189. The molecule has 0 aliphatic carbocycles. The Morgan fingerprint density at radius 2 is 1.93 bits per heavy atom. The zero-order chi connectivity index (χ0) is 11.0. The molecule has 0 fully saturated rings. The Kier molecular flexibility index (Phi) is 6.80.